The maximum atomic E-state index is 12.2. The van der Waals surface area contributed by atoms with Gasteiger partial charge < -0.3 is 15.4 Å². The highest BCUT2D eigenvalue weighted by Crippen LogP contribution is 2.23. The van der Waals surface area contributed by atoms with E-state index in [1.165, 1.54) is 13.3 Å². The second-order valence-corrected chi connectivity index (χ2v) is 7.46. The molecule has 1 saturated carbocycles. The Labute approximate surface area is 147 Å². The van der Waals surface area contributed by atoms with Crippen LogP contribution in [0.2, 0.25) is 0 Å². The van der Waals surface area contributed by atoms with E-state index in [9.17, 15) is 19.2 Å². The summed E-state index contributed by atoms with van der Waals surface area (Å²) in [6.45, 7) is 6.18. The maximum absolute atomic E-state index is 12.2. The van der Waals surface area contributed by atoms with Crippen LogP contribution in [0.4, 0.5) is 4.79 Å². The number of nitrogens with one attached hydrogen (secondary N) is 2. The van der Waals surface area contributed by atoms with Crippen molar-refractivity contribution in [3.63, 3.8) is 0 Å². The first-order chi connectivity index (χ1) is 11.6. The lowest BCUT2D eigenvalue weighted by Crippen LogP contribution is -2.47. The van der Waals surface area contributed by atoms with Gasteiger partial charge in [0, 0.05) is 6.04 Å². The van der Waals surface area contributed by atoms with Gasteiger partial charge in [0.25, 0.3) is 11.8 Å². The van der Waals surface area contributed by atoms with E-state index in [4.69, 9.17) is 4.74 Å². The van der Waals surface area contributed by atoms with E-state index >= 15 is 0 Å². The molecule has 1 heterocycles. The first kappa shape index (κ1) is 19.2. The quantitative estimate of drug-likeness (QED) is 0.565. The largest absolute Gasteiger partial charge is 0.451 e. The van der Waals surface area contributed by atoms with Gasteiger partial charge in [0.2, 0.25) is 0 Å². The zero-order chi connectivity index (χ0) is 18.8. The van der Waals surface area contributed by atoms with E-state index in [-0.39, 0.29) is 11.9 Å². The molecule has 0 aromatic rings. The first-order valence-electron chi connectivity index (χ1n) is 8.76. The molecule has 3 unspecified atom stereocenters. The van der Waals surface area contributed by atoms with Gasteiger partial charge in [0.1, 0.15) is 12.1 Å². The minimum atomic E-state index is -1.04. The number of nitrogens with zero attached hydrogens (tertiary/aromatic N) is 1. The Bertz CT molecular complexity index is 575. The number of ether oxygens (including phenoxy) is 1. The fourth-order valence-corrected chi connectivity index (χ4v) is 3.21. The number of amides is 4. The summed E-state index contributed by atoms with van der Waals surface area (Å²) < 4.78 is 5.09. The number of imide groups is 1. The van der Waals surface area contributed by atoms with E-state index in [1.54, 1.807) is 13.8 Å². The molecule has 4 amide bonds. The summed E-state index contributed by atoms with van der Waals surface area (Å²) in [4.78, 5) is 48.8. The molecule has 2 N–H and O–H groups in total. The number of hydrogen-bond acceptors (Lipinski definition) is 5. The zero-order valence-corrected chi connectivity index (χ0v) is 15.3. The van der Waals surface area contributed by atoms with Crippen molar-refractivity contribution in [1.82, 2.24) is 15.5 Å². The Hall–Kier alpha value is -2.12. The molecule has 8 nitrogen and oxygen atoms in total. The van der Waals surface area contributed by atoms with Gasteiger partial charge in [-0.15, -0.1) is 0 Å². The van der Waals surface area contributed by atoms with E-state index in [0.717, 1.165) is 24.2 Å². The molecule has 2 rings (SSSR count). The van der Waals surface area contributed by atoms with Crippen molar-refractivity contribution in [2.45, 2.75) is 71.1 Å². The van der Waals surface area contributed by atoms with E-state index in [2.05, 4.69) is 17.6 Å². The van der Waals surface area contributed by atoms with Gasteiger partial charge in [0.15, 0.2) is 6.10 Å². The summed E-state index contributed by atoms with van der Waals surface area (Å²) in [5.41, 5.74) is -1.04. The second-order valence-electron chi connectivity index (χ2n) is 7.46. The number of rotatable bonds is 5. The Kier molecular flexibility index (Phi) is 5.69. The van der Waals surface area contributed by atoms with Gasteiger partial charge in [-0.2, -0.15) is 0 Å². The van der Waals surface area contributed by atoms with Crippen molar-refractivity contribution < 1.29 is 23.9 Å². The monoisotopic (exact) mass is 353 g/mol. The summed E-state index contributed by atoms with van der Waals surface area (Å²) in [5.74, 6) is -1.25. The Morgan fingerprint density at radius 1 is 1.32 bits per heavy atom. The average Bonchev–Trinajstić information content (AvgIpc) is 2.71. The van der Waals surface area contributed by atoms with Crippen molar-refractivity contribution in [1.29, 1.82) is 0 Å². The fourth-order valence-electron chi connectivity index (χ4n) is 3.21. The number of carbonyl (C=O) groups excluding carboxylic acids is 4. The van der Waals surface area contributed by atoms with Crippen molar-refractivity contribution in [2.24, 2.45) is 5.92 Å². The molecule has 1 aliphatic carbocycles. The summed E-state index contributed by atoms with van der Waals surface area (Å²) in [7, 11) is 0. The van der Waals surface area contributed by atoms with Crippen LogP contribution in [0.5, 0.6) is 0 Å². The van der Waals surface area contributed by atoms with Gasteiger partial charge in [-0.3, -0.25) is 19.3 Å². The van der Waals surface area contributed by atoms with Gasteiger partial charge >= 0.3 is 12.0 Å². The number of urea groups is 1. The standard InChI is InChI=1S/C17H27N3O5/c1-10-7-5-6-8-12(10)18-14(22)11(2)25-13(21)9-20-15(23)17(3,4)19-16(20)24/h10-12H,5-9H2,1-4H3,(H,18,22)(H,19,24). The number of carbonyl (C=O) groups is 4. The molecule has 0 radical (unpaired) electrons. The number of esters is 1. The molecule has 8 heteroatoms. The molecular weight excluding hydrogens is 326 g/mol. The average molecular weight is 353 g/mol. The summed E-state index contributed by atoms with van der Waals surface area (Å²) in [6, 6.07) is -0.547. The zero-order valence-electron chi connectivity index (χ0n) is 15.3. The lowest BCUT2D eigenvalue weighted by Gasteiger charge is -2.30. The van der Waals surface area contributed by atoms with Crippen LogP contribution >= 0.6 is 0 Å². The van der Waals surface area contributed by atoms with Gasteiger partial charge in [-0.25, -0.2) is 4.79 Å². The molecule has 0 bridgehead atoms. The number of hydrogen-bond donors (Lipinski definition) is 2. The van der Waals surface area contributed by atoms with Crippen LogP contribution in [0, 0.1) is 5.92 Å². The molecule has 3 atom stereocenters. The highest BCUT2D eigenvalue weighted by molar-refractivity contribution is 6.08. The van der Waals surface area contributed by atoms with Crippen molar-refractivity contribution in [3.8, 4) is 0 Å². The molecule has 25 heavy (non-hydrogen) atoms. The highest BCUT2D eigenvalue weighted by atomic mass is 16.5. The molecule has 1 aliphatic heterocycles. The van der Waals surface area contributed by atoms with Crippen molar-refractivity contribution in [2.75, 3.05) is 6.54 Å². The minimum Gasteiger partial charge on any atom is -0.451 e. The minimum absolute atomic E-state index is 0.0918. The van der Waals surface area contributed by atoms with Gasteiger partial charge in [-0.05, 0) is 39.5 Å². The Balaban J connectivity index is 1.84. The lowest BCUT2D eigenvalue weighted by molar-refractivity contribution is -0.157. The van der Waals surface area contributed by atoms with Crippen LogP contribution in [0.25, 0.3) is 0 Å². The summed E-state index contributed by atoms with van der Waals surface area (Å²) in [6.07, 6.45) is 3.26. The molecular formula is C17H27N3O5. The Morgan fingerprint density at radius 2 is 1.96 bits per heavy atom. The molecule has 0 spiro atoms. The fraction of sp³-hybridized carbons (Fsp3) is 0.765. The van der Waals surface area contributed by atoms with Crippen molar-refractivity contribution in [3.05, 3.63) is 0 Å². The summed E-state index contributed by atoms with van der Waals surface area (Å²) >= 11 is 0. The third-order valence-corrected chi connectivity index (χ3v) is 4.85. The normalized spacial score (nSPS) is 26.8. The highest BCUT2D eigenvalue weighted by Gasteiger charge is 2.45. The van der Waals surface area contributed by atoms with Crippen molar-refractivity contribution >= 4 is 23.8 Å². The van der Waals surface area contributed by atoms with E-state index in [1.807, 2.05) is 0 Å². The molecule has 1 saturated heterocycles. The Morgan fingerprint density at radius 3 is 2.52 bits per heavy atom. The van der Waals surface area contributed by atoms with Crippen LogP contribution in [-0.4, -0.2) is 52.9 Å². The maximum Gasteiger partial charge on any atom is 0.327 e. The SMILES string of the molecule is CC(OC(=O)CN1C(=O)NC(C)(C)C1=O)C(=O)NC1CCCCC1C. The molecule has 2 fully saturated rings. The molecule has 2 aliphatic rings. The first-order valence-corrected chi connectivity index (χ1v) is 8.76. The van der Waals surface area contributed by atoms with Gasteiger partial charge in [-0.1, -0.05) is 19.8 Å². The topological polar surface area (TPSA) is 105 Å². The molecule has 0 aromatic carbocycles. The lowest BCUT2D eigenvalue weighted by atomic mass is 9.86. The van der Waals surface area contributed by atoms with E-state index < -0.39 is 36.1 Å². The van der Waals surface area contributed by atoms with Crippen LogP contribution in [0.1, 0.15) is 53.4 Å². The predicted molar refractivity (Wildman–Crippen MR) is 89.4 cm³/mol. The van der Waals surface area contributed by atoms with E-state index in [0.29, 0.717) is 5.92 Å². The molecule has 140 valence electrons. The van der Waals surface area contributed by atoms with Gasteiger partial charge in [0.05, 0.1) is 0 Å². The summed E-state index contributed by atoms with van der Waals surface area (Å²) in [5, 5.41) is 5.41. The second kappa shape index (κ2) is 7.41. The smallest absolute Gasteiger partial charge is 0.327 e. The van der Waals surface area contributed by atoms with Crippen LogP contribution in [-0.2, 0) is 19.1 Å². The van der Waals surface area contributed by atoms with Crippen LogP contribution in [0.15, 0.2) is 0 Å². The molecule has 0 aromatic heterocycles. The third-order valence-electron chi connectivity index (χ3n) is 4.85. The predicted octanol–water partition coefficient (Wildman–Crippen LogP) is 0.943. The van der Waals surface area contributed by atoms with Crippen LogP contribution in [0.3, 0.4) is 0 Å². The van der Waals surface area contributed by atoms with Crippen LogP contribution < -0.4 is 10.6 Å². The third kappa shape index (κ3) is 4.49.